The van der Waals surface area contributed by atoms with Crippen LogP contribution in [-0.4, -0.2) is 25.3 Å². The fraction of sp³-hybridized carbons (Fsp3) is 0.214. The Balaban J connectivity index is 1.61. The third-order valence-electron chi connectivity index (χ3n) is 2.95. The van der Waals surface area contributed by atoms with Gasteiger partial charge >= 0.3 is 0 Å². The summed E-state index contributed by atoms with van der Waals surface area (Å²) in [6, 6.07) is 6.62. The summed E-state index contributed by atoms with van der Waals surface area (Å²) >= 11 is 0. The number of aryl methyl sites for hydroxylation is 1. The molecule has 0 bridgehead atoms. The van der Waals surface area contributed by atoms with Gasteiger partial charge in [-0.25, -0.2) is 4.68 Å². The number of phenols is 1. The van der Waals surface area contributed by atoms with Crippen molar-refractivity contribution in [2.45, 2.75) is 20.1 Å². The average molecular weight is 286 g/mol. The van der Waals surface area contributed by atoms with E-state index in [9.17, 15) is 5.11 Å². The molecule has 0 saturated heterocycles. The van der Waals surface area contributed by atoms with Gasteiger partial charge in [-0.1, -0.05) is 16.4 Å². The summed E-state index contributed by atoms with van der Waals surface area (Å²) in [6.45, 7) is 2.71. The number of phenolic OH excluding ortho intramolecular Hbond substituents is 1. The molecule has 1 N–H and O–H groups in total. The molecule has 0 aliphatic heterocycles. The summed E-state index contributed by atoms with van der Waals surface area (Å²) in [7, 11) is 0. The van der Waals surface area contributed by atoms with E-state index in [1.807, 2.05) is 6.92 Å². The van der Waals surface area contributed by atoms with E-state index in [4.69, 9.17) is 9.26 Å². The maximum absolute atomic E-state index is 9.36. The first-order valence-corrected chi connectivity index (χ1v) is 6.41. The molecule has 7 heteroatoms. The molecule has 2 heterocycles. The zero-order valence-electron chi connectivity index (χ0n) is 11.4. The Kier molecular flexibility index (Phi) is 3.55. The molecule has 0 aliphatic carbocycles. The Bertz CT molecular complexity index is 735. The molecule has 0 saturated carbocycles. The van der Waals surface area contributed by atoms with Crippen LogP contribution in [-0.2, 0) is 13.2 Å². The second kappa shape index (κ2) is 5.66. The molecular formula is C14H14N4O3. The number of ether oxygens (including phenoxy) is 1. The van der Waals surface area contributed by atoms with Crippen LogP contribution in [0.1, 0.15) is 17.0 Å². The molecule has 3 aromatic rings. The minimum absolute atomic E-state index is 0.165. The summed E-state index contributed by atoms with van der Waals surface area (Å²) in [5.74, 6) is 0.745. The smallest absolute Gasteiger partial charge is 0.134 e. The Morgan fingerprint density at radius 2 is 2.29 bits per heavy atom. The first-order valence-electron chi connectivity index (χ1n) is 6.41. The number of nitrogens with zero attached hydrogens (tertiary/aromatic N) is 4. The number of hydrogen-bond donors (Lipinski definition) is 1. The SMILES string of the molecule is Cc1conc1Cn1cc(COc2cccc(O)c2)nn1. The largest absolute Gasteiger partial charge is 0.508 e. The maximum Gasteiger partial charge on any atom is 0.134 e. The van der Waals surface area contributed by atoms with Crippen molar-refractivity contribution >= 4 is 0 Å². The second-order valence-electron chi connectivity index (χ2n) is 4.64. The van der Waals surface area contributed by atoms with Gasteiger partial charge in [0.15, 0.2) is 0 Å². The Morgan fingerprint density at radius 3 is 3.05 bits per heavy atom. The lowest BCUT2D eigenvalue weighted by molar-refractivity contribution is 0.299. The lowest BCUT2D eigenvalue weighted by Gasteiger charge is -2.03. The van der Waals surface area contributed by atoms with E-state index < -0.39 is 0 Å². The van der Waals surface area contributed by atoms with Crippen LogP contribution in [0.4, 0.5) is 0 Å². The van der Waals surface area contributed by atoms with E-state index in [1.165, 1.54) is 0 Å². The van der Waals surface area contributed by atoms with Crippen LogP contribution in [0.3, 0.4) is 0 Å². The zero-order chi connectivity index (χ0) is 14.7. The lowest BCUT2D eigenvalue weighted by Crippen LogP contribution is -2.02. The Hall–Kier alpha value is -2.83. The molecule has 0 unspecified atom stereocenters. The van der Waals surface area contributed by atoms with Gasteiger partial charge in [-0.3, -0.25) is 0 Å². The minimum atomic E-state index is 0.165. The van der Waals surface area contributed by atoms with Gasteiger partial charge < -0.3 is 14.4 Å². The van der Waals surface area contributed by atoms with Gasteiger partial charge in [0.2, 0.25) is 0 Å². The summed E-state index contributed by atoms with van der Waals surface area (Å²) < 4.78 is 12.1. The molecule has 0 aliphatic rings. The number of aromatic nitrogens is 4. The van der Waals surface area contributed by atoms with Gasteiger partial charge in [0.05, 0.1) is 12.7 Å². The Morgan fingerprint density at radius 1 is 1.38 bits per heavy atom. The van der Waals surface area contributed by atoms with Crippen LogP contribution >= 0.6 is 0 Å². The number of hydrogen-bond acceptors (Lipinski definition) is 6. The molecule has 2 aromatic heterocycles. The predicted octanol–water partition coefficient (Wildman–Crippen LogP) is 1.91. The van der Waals surface area contributed by atoms with Gasteiger partial charge in [-0.05, 0) is 19.1 Å². The normalized spacial score (nSPS) is 10.7. The fourth-order valence-electron chi connectivity index (χ4n) is 1.83. The van der Waals surface area contributed by atoms with Gasteiger partial charge in [-0.2, -0.15) is 0 Å². The van der Waals surface area contributed by atoms with E-state index in [0.717, 1.165) is 11.3 Å². The highest BCUT2D eigenvalue weighted by Gasteiger charge is 2.07. The van der Waals surface area contributed by atoms with Crippen molar-refractivity contribution in [3.05, 3.63) is 53.7 Å². The monoisotopic (exact) mass is 286 g/mol. The standard InChI is InChI=1S/C14H14N4O3/c1-10-8-21-16-14(10)7-18-6-11(15-17-18)9-20-13-4-2-3-12(19)5-13/h2-6,8,19H,7,9H2,1H3. The van der Waals surface area contributed by atoms with Crippen molar-refractivity contribution in [3.63, 3.8) is 0 Å². The average Bonchev–Trinajstić information content (AvgIpc) is 3.07. The van der Waals surface area contributed by atoms with Crippen LogP contribution in [0.5, 0.6) is 11.5 Å². The van der Waals surface area contributed by atoms with Crippen molar-refractivity contribution in [1.82, 2.24) is 20.2 Å². The number of rotatable bonds is 5. The van der Waals surface area contributed by atoms with Crippen LogP contribution in [0.2, 0.25) is 0 Å². The molecule has 0 fully saturated rings. The van der Waals surface area contributed by atoms with E-state index in [-0.39, 0.29) is 12.4 Å². The van der Waals surface area contributed by atoms with E-state index in [1.54, 1.807) is 41.4 Å². The second-order valence-corrected chi connectivity index (χ2v) is 4.64. The maximum atomic E-state index is 9.36. The molecule has 7 nitrogen and oxygen atoms in total. The highest BCUT2D eigenvalue weighted by atomic mass is 16.5. The van der Waals surface area contributed by atoms with E-state index in [0.29, 0.717) is 18.0 Å². The highest BCUT2D eigenvalue weighted by molar-refractivity contribution is 5.31. The summed E-state index contributed by atoms with van der Waals surface area (Å²) in [4.78, 5) is 0. The van der Waals surface area contributed by atoms with Crippen molar-refractivity contribution in [2.75, 3.05) is 0 Å². The van der Waals surface area contributed by atoms with E-state index >= 15 is 0 Å². The van der Waals surface area contributed by atoms with E-state index in [2.05, 4.69) is 15.5 Å². The molecule has 1 aromatic carbocycles. The van der Waals surface area contributed by atoms with Crippen LogP contribution < -0.4 is 4.74 Å². The van der Waals surface area contributed by atoms with Gasteiger partial charge in [-0.15, -0.1) is 5.10 Å². The van der Waals surface area contributed by atoms with Gasteiger partial charge in [0, 0.05) is 11.6 Å². The molecule has 0 atom stereocenters. The van der Waals surface area contributed by atoms with Crippen molar-refractivity contribution in [2.24, 2.45) is 0 Å². The third-order valence-corrected chi connectivity index (χ3v) is 2.95. The molecule has 108 valence electrons. The lowest BCUT2D eigenvalue weighted by atomic mass is 10.3. The fourth-order valence-corrected chi connectivity index (χ4v) is 1.83. The third kappa shape index (κ3) is 3.19. The summed E-state index contributed by atoms with van der Waals surface area (Å²) in [6.07, 6.45) is 3.38. The highest BCUT2D eigenvalue weighted by Crippen LogP contribution is 2.18. The number of benzene rings is 1. The number of aromatic hydroxyl groups is 1. The topological polar surface area (TPSA) is 86.2 Å². The molecule has 3 rings (SSSR count). The van der Waals surface area contributed by atoms with Crippen molar-refractivity contribution in [1.29, 1.82) is 0 Å². The first-order chi connectivity index (χ1) is 10.2. The minimum Gasteiger partial charge on any atom is -0.508 e. The first kappa shape index (κ1) is 13.2. The Labute approximate surface area is 120 Å². The molecule has 0 amide bonds. The summed E-state index contributed by atoms with van der Waals surface area (Å²) in [5.41, 5.74) is 2.49. The molecule has 0 radical (unpaired) electrons. The van der Waals surface area contributed by atoms with Crippen molar-refractivity contribution < 1.29 is 14.4 Å². The zero-order valence-corrected chi connectivity index (χ0v) is 11.4. The van der Waals surface area contributed by atoms with Crippen LogP contribution in [0.15, 0.2) is 41.2 Å². The van der Waals surface area contributed by atoms with Crippen LogP contribution in [0.25, 0.3) is 0 Å². The van der Waals surface area contributed by atoms with Crippen LogP contribution in [0, 0.1) is 6.92 Å². The molecule has 0 spiro atoms. The predicted molar refractivity (Wildman–Crippen MR) is 72.8 cm³/mol. The van der Waals surface area contributed by atoms with Crippen molar-refractivity contribution in [3.8, 4) is 11.5 Å². The van der Waals surface area contributed by atoms with Gasteiger partial charge in [0.25, 0.3) is 0 Å². The molecule has 21 heavy (non-hydrogen) atoms. The summed E-state index contributed by atoms with van der Waals surface area (Å²) in [5, 5.41) is 21.3. The molecular weight excluding hydrogens is 272 g/mol. The quantitative estimate of drug-likeness (QED) is 0.771. The van der Waals surface area contributed by atoms with Gasteiger partial charge in [0.1, 0.15) is 35.8 Å².